The monoisotopic (exact) mass is 433 g/mol. The van der Waals surface area contributed by atoms with E-state index in [0.717, 1.165) is 25.2 Å². The first-order valence-corrected chi connectivity index (χ1v) is 10.7. The number of aryl methyl sites for hydroxylation is 2. The molecule has 1 amide bonds. The van der Waals surface area contributed by atoms with E-state index in [2.05, 4.69) is 21.1 Å². The van der Waals surface area contributed by atoms with Crippen LogP contribution < -0.4 is 4.90 Å². The summed E-state index contributed by atoms with van der Waals surface area (Å²) in [5, 5.41) is 12.9. The summed E-state index contributed by atoms with van der Waals surface area (Å²) in [5.74, 6) is 0.413. The molecule has 1 saturated heterocycles. The predicted octanol–water partition coefficient (Wildman–Crippen LogP) is 3.73. The Morgan fingerprint density at radius 3 is 2.72 bits per heavy atom. The van der Waals surface area contributed by atoms with Crippen LogP contribution in [0.3, 0.4) is 0 Å². The van der Waals surface area contributed by atoms with Crippen molar-refractivity contribution in [2.75, 3.05) is 31.1 Å². The zero-order valence-corrected chi connectivity index (χ0v) is 17.9. The number of rotatable bonds is 5. The van der Waals surface area contributed by atoms with Gasteiger partial charge in [-0.1, -0.05) is 17.3 Å². The van der Waals surface area contributed by atoms with Gasteiger partial charge in [0.05, 0.1) is 11.6 Å². The maximum Gasteiger partial charge on any atom is 0.227 e. The van der Waals surface area contributed by atoms with Crippen molar-refractivity contribution in [2.24, 2.45) is 0 Å². The molecule has 1 aromatic heterocycles. The minimum atomic E-state index is -0.319. The number of nitrogens with zero attached hydrogens (tertiary/aromatic N) is 5. The van der Waals surface area contributed by atoms with Gasteiger partial charge in [-0.3, -0.25) is 4.79 Å². The van der Waals surface area contributed by atoms with Crippen molar-refractivity contribution >= 4 is 11.6 Å². The summed E-state index contributed by atoms with van der Waals surface area (Å²) >= 11 is 0. The quantitative estimate of drug-likeness (QED) is 0.610. The van der Waals surface area contributed by atoms with Gasteiger partial charge in [-0.05, 0) is 49.2 Å². The Labute approximate surface area is 186 Å². The van der Waals surface area contributed by atoms with E-state index in [1.54, 1.807) is 19.1 Å². The van der Waals surface area contributed by atoms with Gasteiger partial charge in [0, 0.05) is 50.3 Å². The maximum absolute atomic E-state index is 13.8. The standard InChI is InChI=1S/C24H24FN5O2/c1-17-3-6-19(15-21(17)25)24-27-22(32-28-24)9-10-23(31)30-12-2-11-29(13-14-30)20-7-4-18(16-26)5-8-20/h3-8,15H,2,9-14H2,1H3. The van der Waals surface area contributed by atoms with E-state index in [9.17, 15) is 9.18 Å². The topological polar surface area (TPSA) is 86.3 Å². The van der Waals surface area contributed by atoms with Crippen LogP contribution in [0, 0.1) is 24.1 Å². The fourth-order valence-electron chi connectivity index (χ4n) is 3.75. The van der Waals surface area contributed by atoms with Crippen LogP contribution in [0.1, 0.15) is 29.9 Å². The smallest absolute Gasteiger partial charge is 0.227 e. The molecule has 0 aliphatic carbocycles. The first-order chi connectivity index (χ1) is 15.5. The third kappa shape index (κ3) is 4.94. The predicted molar refractivity (Wildman–Crippen MR) is 117 cm³/mol. The van der Waals surface area contributed by atoms with E-state index in [-0.39, 0.29) is 18.1 Å². The van der Waals surface area contributed by atoms with Gasteiger partial charge in [-0.2, -0.15) is 10.2 Å². The Hall–Kier alpha value is -3.73. The minimum Gasteiger partial charge on any atom is -0.370 e. The second-order valence-electron chi connectivity index (χ2n) is 7.86. The van der Waals surface area contributed by atoms with Gasteiger partial charge >= 0.3 is 0 Å². The van der Waals surface area contributed by atoms with Gasteiger partial charge in [-0.25, -0.2) is 4.39 Å². The fourth-order valence-corrected chi connectivity index (χ4v) is 3.75. The average Bonchev–Trinajstić information content (AvgIpc) is 3.15. The number of carbonyl (C=O) groups excluding carboxylic acids is 1. The van der Waals surface area contributed by atoms with Crippen molar-refractivity contribution in [1.82, 2.24) is 15.0 Å². The van der Waals surface area contributed by atoms with E-state index in [4.69, 9.17) is 9.78 Å². The molecule has 0 unspecified atom stereocenters. The highest BCUT2D eigenvalue weighted by Gasteiger charge is 2.20. The molecule has 2 heterocycles. The molecule has 32 heavy (non-hydrogen) atoms. The highest BCUT2D eigenvalue weighted by atomic mass is 19.1. The molecular formula is C24H24FN5O2. The molecule has 7 nitrogen and oxygen atoms in total. The Balaban J connectivity index is 1.31. The lowest BCUT2D eigenvalue weighted by atomic mass is 10.1. The molecule has 3 aromatic rings. The third-order valence-corrected chi connectivity index (χ3v) is 5.66. The van der Waals surface area contributed by atoms with E-state index < -0.39 is 0 Å². The normalized spacial score (nSPS) is 14.2. The van der Waals surface area contributed by atoms with Crippen LogP contribution in [0.25, 0.3) is 11.4 Å². The number of benzene rings is 2. The zero-order valence-electron chi connectivity index (χ0n) is 17.9. The van der Waals surface area contributed by atoms with Crippen molar-refractivity contribution < 1.29 is 13.7 Å². The number of hydrogen-bond acceptors (Lipinski definition) is 6. The highest BCUT2D eigenvalue weighted by Crippen LogP contribution is 2.20. The largest absolute Gasteiger partial charge is 0.370 e. The summed E-state index contributed by atoms with van der Waals surface area (Å²) in [4.78, 5) is 21.2. The molecule has 0 radical (unpaired) electrons. The van der Waals surface area contributed by atoms with Crippen molar-refractivity contribution in [3.05, 3.63) is 65.3 Å². The lowest BCUT2D eigenvalue weighted by Crippen LogP contribution is -2.35. The van der Waals surface area contributed by atoms with Gasteiger partial charge in [0.2, 0.25) is 17.6 Å². The Morgan fingerprint density at radius 2 is 1.97 bits per heavy atom. The van der Waals surface area contributed by atoms with E-state index >= 15 is 0 Å². The Bertz CT molecular complexity index is 1140. The SMILES string of the molecule is Cc1ccc(-c2noc(CCC(=O)N3CCCN(c4ccc(C#N)cc4)CC3)n2)cc1F. The molecule has 4 rings (SSSR count). The number of nitriles is 1. The molecular weight excluding hydrogens is 409 g/mol. The lowest BCUT2D eigenvalue weighted by Gasteiger charge is -2.23. The zero-order chi connectivity index (χ0) is 22.5. The molecule has 0 spiro atoms. The van der Waals surface area contributed by atoms with Crippen LogP contribution in [0.4, 0.5) is 10.1 Å². The average molecular weight is 433 g/mol. The van der Waals surface area contributed by atoms with E-state index in [1.807, 2.05) is 29.2 Å². The summed E-state index contributed by atoms with van der Waals surface area (Å²) in [6.45, 7) is 4.62. The number of anilines is 1. The molecule has 1 aliphatic heterocycles. The molecule has 1 fully saturated rings. The number of aromatic nitrogens is 2. The van der Waals surface area contributed by atoms with Gasteiger partial charge in [-0.15, -0.1) is 0 Å². The third-order valence-electron chi connectivity index (χ3n) is 5.66. The van der Waals surface area contributed by atoms with Crippen molar-refractivity contribution in [3.63, 3.8) is 0 Å². The molecule has 0 N–H and O–H groups in total. The summed E-state index contributed by atoms with van der Waals surface area (Å²) < 4.78 is 19.0. The van der Waals surface area contributed by atoms with Crippen LogP contribution in [-0.4, -0.2) is 47.1 Å². The second-order valence-corrected chi connectivity index (χ2v) is 7.86. The molecule has 2 aromatic carbocycles. The van der Waals surface area contributed by atoms with Crippen LogP contribution in [-0.2, 0) is 11.2 Å². The molecule has 0 atom stereocenters. The van der Waals surface area contributed by atoms with Gasteiger partial charge in [0.25, 0.3) is 0 Å². The number of halogens is 1. The first kappa shape index (κ1) is 21.5. The molecule has 0 saturated carbocycles. The van der Waals surface area contributed by atoms with E-state index in [1.165, 1.54) is 6.07 Å². The van der Waals surface area contributed by atoms with Crippen molar-refractivity contribution in [3.8, 4) is 17.5 Å². The Morgan fingerprint density at radius 1 is 1.16 bits per heavy atom. The van der Waals surface area contributed by atoms with Crippen LogP contribution in [0.15, 0.2) is 47.0 Å². The summed E-state index contributed by atoms with van der Waals surface area (Å²) in [5.41, 5.74) is 2.80. The highest BCUT2D eigenvalue weighted by molar-refractivity contribution is 5.76. The van der Waals surface area contributed by atoms with Crippen molar-refractivity contribution in [2.45, 2.75) is 26.2 Å². The fraction of sp³-hybridized carbons (Fsp3) is 0.333. The molecule has 164 valence electrons. The molecule has 1 aliphatic rings. The molecule has 0 bridgehead atoms. The first-order valence-electron chi connectivity index (χ1n) is 10.7. The Kier molecular flexibility index (Phi) is 6.45. The van der Waals surface area contributed by atoms with Gasteiger partial charge in [0.1, 0.15) is 5.82 Å². The summed E-state index contributed by atoms with van der Waals surface area (Å²) in [7, 11) is 0. The maximum atomic E-state index is 13.8. The van der Waals surface area contributed by atoms with Gasteiger partial charge in [0.15, 0.2) is 0 Å². The van der Waals surface area contributed by atoms with Crippen molar-refractivity contribution in [1.29, 1.82) is 5.26 Å². The van der Waals surface area contributed by atoms with Gasteiger partial charge < -0.3 is 14.3 Å². The summed E-state index contributed by atoms with van der Waals surface area (Å²) in [6.07, 6.45) is 1.49. The van der Waals surface area contributed by atoms with Crippen LogP contribution in [0.2, 0.25) is 0 Å². The van der Waals surface area contributed by atoms with Crippen LogP contribution >= 0.6 is 0 Å². The molecule has 8 heteroatoms. The minimum absolute atomic E-state index is 0.0489. The van der Waals surface area contributed by atoms with E-state index in [0.29, 0.717) is 47.9 Å². The number of amides is 1. The number of hydrogen-bond donors (Lipinski definition) is 0. The lowest BCUT2D eigenvalue weighted by molar-refractivity contribution is -0.131. The van der Waals surface area contributed by atoms with Crippen LogP contribution in [0.5, 0.6) is 0 Å². The second kappa shape index (κ2) is 9.60. The summed E-state index contributed by atoms with van der Waals surface area (Å²) in [6, 6.07) is 14.4. The number of carbonyl (C=O) groups is 1.